The van der Waals surface area contributed by atoms with E-state index < -0.39 is 10.0 Å². The summed E-state index contributed by atoms with van der Waals surface area (Å²) < 4.78 is 33.0. The minimum absolute atomic E-state index is 0.191. The number of nitrogens with zero attached hydrogens (tertiary/aromatic N) is 4. The van der Waals surface area contributed by atoms with Crippen molar-refractivity contribution < 1.29 is 12.8 Å². The molecule has 0 fully saturated rings. The van der Waals surface area contributed by atoms with Crippen molar-refractivity contribution in [3.8, 4) is 5.69 Å². The lowest BCUT2D eigenvalue weighted by molar-refractivity contribution is 0.314. The average Bonchev–Trinajstić information content (AvgIpc) is 3.24. The first-order valence-electron chi connectivity index (χ1n) is 7.92. The molecule has 1 aromatic carbocycles. The molecule has 3 aromatic rings. The maximum atomic E-state index is 13.0. The molecule has 3 rings (SSSR count). The molecular formula is C17H20N4O3S. The lowest BCUT2D eigenvalue weighted by Gasteiger charge is -2.25. The van der Waals surface area contributed by atoms with Crippen LogP contribution in [0.15, 0.2) is 58.1 Å². The van der Waals surface area contributed by atoms with Gasteiger partial charge in [0.05, 0.1) is 29.5 Å². The fourth-order valence-corrected chi connectivity index (χ4v) is 4.11. The fraction of sp³-hybridized carbons (Fsp3) is 0.294. The summed E-state index contributed by atoms with van der Waals surface area (Å²) in [6.45, 7) is 5.71. The van der Waals surface area contributed by atoms with Crippen molar-refractivity contribution >= 4 is 10.0 Å². The van der Waals surface area contributed by atoms with Gasteiger partial charge in [-0.15, -0.1) is 0 Å². The number of benzene rings is 1. The summed E-state index contributed by atoms with van der Waals surface area (Å²) in [6.07, 6.45) is 3.13. The zero-order valence-corrected chi connectivity index (χ0v) is 15.1. The minimum atomic E-state index is -3.65. The molecule has 2 aromatic heterocycles. The summed E-state index contributed by atoms with van der Waals surface area (Å²) in [7, 11) is -3.65. The van der Waals surface area contributed by atoms with Gasteiger partial charge in [0.1, 0.15) is 11.5 Å². The third kappa shape index (κ3) is 3.64. The van der Waals surface area contributed by atoms with Gasteiger partial charge in [-0.3, -0.25) is 0 Å². The second kappa shape index (κ2) is 6.81. The van der Waals surface area contributed by atoms with Gasteiger partial charge in [-0.25, -0.2) is 8.42 Å². The number of furan rings is 1. The molecule has 0 radical (unpaired) electrons. The number of rotatable bonds is 6. The number of hydrogen-bond donors (Lipinski definition) is 0. The van der Waals surface area contributed by atoms with Crippen molar-refractivity contribution in [1.29, 1.82) is 0 Å². The molecule has 7 nitrogen and oxygen atoms in total. The van der Waals surface area contributed by atoms with Gasteiger partial charge in [0.2, 0.25) is 10.0 Å². The van der Waals surface area contributed by atoms with Gasteiger partial charge < -0.3 is 4.42 Å². The second-order valence-corrected chi connectivity index (χ2v) is 7.86. The molecule has 132 valence electrons. The fourth-order valence-electron chi connectivity index (χ4n) is 2.50. The zero-order chi connectivity index (χ0) is 18.0. The zero-order valence-electron chi connectivity index (χ0n) is 14.3. The van der Waals surface area contributed by atoms with Crippen LogP contribution in [0.4, 0.5) is 0 Å². The highest BCUT2D eigenvalue weighted by molar-refractivity contribution is 7.89. The number of aryl methyl sites for hydroxylation is 1. The van der Waals surface area contributed by atoms with Crippen LogP contribution in [0.3, 0.4) is 0 Å². The van der Waals surface area contributed by atoms with E-state index in [0.717, 1.165) is 5.76 Å². The lowest BCUT2D eigenvalue weighted by Crippen LogP contribution is -2.36. The Morgan fingerprint density at radius 3 is 2.24 bits per heavy atom. The normalized spacial score (nSPS) is 12.2. The Labute approximate surface area is 146 Å². The highest BCUT2D eigenvalue weighted by Gasteiger charge is 2.28. The molecule has 0 spiro atoms. The first-order valence-corrected chi connectivity index (χ1v) is 9.36. The largest absolute Gasteiger partial charge is 0.465 e. The Kier molecular flexibility index (Phi) is 4.73. The monoisotopic (exact) mass is 360 g/mol. The summed E-state index contributed by atoms with van der Waals surface area (Å²) in [4.78, 5) is 1.66. The summed E-state index contributed by atoms with van der Waals surface area (Å²) in [5.41, 5.74) is 0.696. The Balaban J connectivity index is 1.89. The van der Waals surface area contributed by atoms with E-state index in [2.05, 4.69) is 10.2 Å². The van der Waals surface area contributed by atoms with Gasteiger partial charge in [-0.1, -0.05) is 0 Å². The van der Waals surface area contributed by atoms with E-state index in [-0.39, 0.29) is 17.5 Å². The van der Waals surface area contributed by atoms with Crippen LogP contribution in [0.5, 0.6) is 0 Å². The molecule has 0 saturated carbocycles. The molecule has 0 unspecified atom stereocenters. The summed E-state index contributed by atoms with van der Waals surface area (Å²) in [5, 5.41) is 8.07. The maximum absolute atomic E-state index is 13.0. The van der Waals surface area contributed by atoms with Gasteiger partial charge in [-0.05, 0) is 57.2 Å². The predicted octanol–water partition coefficient (Wildman–Crippen LogP) is 2.77. The van der Waals surface area contributed by atoms with Crippen LogP contribution in [0.25, 0.3) is 5.69 Å². The third-order valence-corrected chi connectivity index (χ3v) is 5.81. The standard InChI is InChI=1S/C17H20N4O3S/c1-13(2)20(12-16-7-4-14(3)24-16)25(22,23)17-8-5-15(6-9-17)21-18-10-11-19-21/h4-11,13H,12H2,1-3H3. The van der Waals surface area contributed by atoms with Crippen LogP contribution in [0, 0.1) is 6.92 Å². The van der Waals surface area contributed by atoms with Crippen molar-refractivity contribution in [1.82, 2.24) is 19.3 Å². The Bertz CT molecular complexity index is 929. The minimum Gasteiger partial charge on any atom is -0.465 e. The molecule has 0 aliphatic heterocycles. The van der Waals surface area contributed by atoms with E-state index in [1.54, 1.807) is 42.7 Å². The van der Waals surface area contributed by atoms with Gasteiger partial charge in [0, 0.05) is 6.04 Å². The quantitative estimate of drug-likeness (QED) is 0.675. The Hall–Kier alpha value is -2.45. The molecular weight excluding hydrogens is 340 g/mol. The molecule has 0 aliphatic rings. The van der Waals surface area contributed by atoms with Crippen LogP contribution in [0.2, 0.25) is 0 Å². The summed E-state index contributed by atoms with van der Waals surface area (Å²) in [5.74, 6) is 1.37. The van der Waals surface area contributed by atoms with Crippen LogP contribution in [-0.4, -0.2) is 33.8 Å². The van der Waals surface area contributed by atoms with Gasteiger partial charge >= 0.3 is 0 Å². The smallest absolute Gasteiger partial charge is 0.243 e. The Morgan fingerprint density at radius 2 is 1.72 bits per heavy atom. The highest BCUT2D eigenvalue weighted by Crippen LogP contribution is 2.22. The van der Waals surface area contributed by atoms with E-state index in [1.165, 1.54) is 9.10 Å². The van der Waals surface area contributed by atoms with E-state index in [9.17, 15) is 8.42 Å². The molecule has 0 saturated heterocycles. The molecule has 0 aliphatic carbocycles. The third-order valence-electron chi connectivity index (χ3n) is 3.78. The number of sulfonamides is 1. The summed E-state index contributed by atoms with van der Waals surface area (Å²) in [6, 6.07) is 9.92. The molecule has 0 N–H and O–H groups in total. The molecule has 0 atom stereocenters. The van der Waals surface area contributed by atoms with Crippen LogP contribution in [-0.2, 0) is 16.6 Å². The van der Waals surface area contributed by atoms with Gasteiger partial charge in [-0.2, -0.15) is 19.3 Å². The van der Waals surface area contributed by atoms with Gasteiger partial charge in [0.25, 0.3) is 0 Å². The molecule has 0 amide bonds. The molecule has 25 heavy (non-hydrogen) atoms. The van der Waals surface area contributed by atoms with Crippen LogP contribution >= 0.6 is 0 Å². The van der Waals surface area contributed by atoms with Crippen molar-refractivity contribution in [3.05, 3.63) is 60.3 Å². The second-order valence-electron chi connectivity index (χ2n) is 5.97. The SMILES string of the molecule is Cc1ccc(CN(C(C)C)S(=O)(=O)c2ccc(-n3nccn3)cc2)o1. The van der Waals surface area contributed by atoms with Crippen molar-refractivity contribution in [2.24, 2.45) is 0 Å². The topological polar surface area (TPSA) is 81.2 Å². The van der Waals surface area contributed by atoms with Crippen molar-refractivity contribution in [3.63, 3.8) is 0 Å². The van der Waals surface area contributed by atoms with Gasteiger partial charge in [0.15, 0.2) is 0 Å². The molecule has 2 heterocycles. The summed E-state index contributed by atoms with van der Waals surface area (Å²) >= 11 is 0. The predicted molar refractivity (Wildman–Crippen MR) is 92.7 cm³/mol. The van der Waals surface area contributed by atoms with Crippen molar-refractivity contribution in [2.75, 3.05) is 0 Å². The Morgan fingerprint density at radius 1 is 1.08 bits per heavy atom. The van der Waals surface area contributed by atoms with Crippen molar-refractivity contribution in [2.45, 2.75) is 38.3 Å². The van der Waals surface area contributed by atoms with Crippen LogP contribution in [0.1, 0.15) is 25.4 Å². The first kappa shape index (κ1) is 17.4. The number of hydrogen-bond acceptors (Lipinski definition) is 5. The lowest BCUT2D eigenvalue weighted by atomic mass is 10.3. The van der Waals surface area contributed by atoms with E-state index in [0.29, 0.717) is 11.4 Å². The van der Waals surface area contributed by atoms with E-state index >= 15 is 0 Å². The number of aromatic nitrogens is 3. The average molecular weight is 360 g/mol. The molecule has 0 bridgehead atoms. The first-order chi connectivity index (χ1) is 11.9. The highest BCUT2D eigenvalue weighted by atomic mass is 32.2. The van der Waals surface area contributed by atoms with Crippen LogP contribution < -0.4 is 0 Å². The molecule has 8 heteroatoms. The maximum Gasteiger partial charge on any atom is 0.243 e. The van der Waals surface area contributed by atoms with E-state index in [1.807, 2.05) is 26.8 Å². The van der Waals surface area contributed by atoms with E-state index in [4.69, 9.17) is 4.42 Å².